The quantitative estimate of drug-likeness (QED) is 0.542. The van der Waals surface area contributed by atoms with E-state index >= 15 is 0 Å². The van der Waals surface area contributed by atoms with Crippen LogP contribution in [-0.4, -0.2) is 56.6 Å². The number of carbonyl (C=O) groups is 2. The first-order valence-electron chi connectivity index (χ1n) is 10.1. The number of fused-ring (bicyclic) bond motifs is 1. The highest BCUT2D eigenvalue weighted by molar-refractivity contribution is 9.10. The van der Waals surface area contributed by atoms with E-state index in [1.54, 1.807) is 28.5 Å². The molecule has 2 N–H and O–H groups in total. The average Bonchev–Trinajstić information content (AvgIpc) is 3.32. The van der Waals surface area contributed by atoms with Gasteiger partial charge in [0.1, 0.15) is 5.60 Å². The van der Waals surface area contributed by atoms with E-state index in [9.17, 15) is 9.59 Å². The lowest BCUT2D eigenvalue weighted by atomic mass is 10.1. The summed E-state index contributed by atoms with van der Waals surface area (Å²) >= 11 is 5.00. The number of amides is 2. The summed E-state index contributed by atoms with van der Waals surface area (Å²) in [4.78, 5) is 40.1. The summed E-state index contributed by atoms with van der Waals surface area (Å²) in [6.45, 7) is 6.58. The van der Waals surface area contributed by atoms with Gasteiger partial charge in [-0.25, -0.2) is 14.8 Å². The molecule has 0 spiro atoms. The standard InChI is InChI=1S/C21H24BrN5O3S/c1-21(2,3)30-20(29)27-8-4-5-13(10-27)24-19(28)14-6-7-23-18-16(14)25-17(26-18)15-9-12(22)11-31-15/h6-7,9,11,13H,4-5,8,10H2,1-3H3,(H,24,28)(H,23,25,26)/t13-/m0/s1. The SMILES string of the molecule is CC(C)(C)OC(=O)N1CCC[C@H](NC(=O)c2ccnc3nc(-c4cc(Br)cs4)[nH]c23)C1. The summed E-state index contributed by atoms with van der Waals surface area (Å²) in [5.41, 5.74) is 1.02. The number of halogens is 1. The third kappa shape index (κ3) is 5.07. The molecule has 0 unspecified atom stereocenters. The number of imidazole rings is 1. The van der Waals surface area contributed by atoms with Crippen molar-refractivity contribution in [1.82, 2.24) is 25.2 Å². The Morgan fingerprint density at radius 1 is 1.39 bits per heavy atom. The molecule has 1 aliphatic rings. The molecule has 10 heteroatoms. The zero-order chi connectivity index (χ0) is 22.2. The third-order valence-corrected chi connectivity index (χ3v) is 6.54. The van der Waals surface area contributed by atoms with Gasteiger partial charge >= 0.3 is 6.09 Å². The first-order chi connectivity index (χ1) is 14.7. The molecule has 0 aliphatic carbocycles. The van der Waals surface area contributed by atoms with Crippen molar-refractivity contribution < 1.29 is 14.3 Å². The Bertz CT molecular complexity index is 1120. The first-order valence-corrected chi connectivity index (χ1v) is 11.7. The van der Waals surface area contributed by atoms with Gasteiger partial charge in [0, 0.05) is 35.2 Å². The maximum absolute atomic E-state index is 13.1. The number of H-pyrrole nitrogens is 1. The molecule has 1 atom stereocenters. The third-order valence-electron chi connectivity index (χ3n) is 4.85. The number of nitrogens with zero attached hydrogens (tertiary/aromatic N) is 3. The number of aromatic amines is 1. The van der Waals surface area contributed by atoms with Crippen molar-refractivity contribution in [2.45, 2.75) is 45.3 Å². The molecule has 0 bridgehead atoms. The number of aromatic nitrogens is 3. The molecule has 4 heterocycles. The van der Waals surface area contributed by atoms with Gasteiger partial charge in [-0.1, -0.05) is 0 Å². The lowest BCUT2D eigenvalue weighted by molar-refractivity contribution is 0.0185. The molecule has 4 rings (SSSR count). The van der Waals surface area contributed by atoms with Crippen LogP contribution in [-0.2, 0) is 4.74 Å². The molecule has 8 nitrogen and oxygen atoms in total. The lowest BCUT2D eigenvalue weighted by Crippen LogP contribution is -2.50. The molecule has 1 aliphatic heterocycles. The Morgan fingerprint density at radius 3 is 2.90 bits per heavy atom. The fourth-order valence-corrected chi connectivity index (χ4v) is 4.88. The summed E-state index contributed by atoms with van der Waals surface area (Å²) in [6, 6.07) is 3.50. The average molecular weight is 506 g/mol. The molecule has 31 heavy (non-hydrogen) atoms. The summed E-state index contributed by atoms with van der Waals surface area (Å²) < 4.78 is 6.45. The van der Waals surface area contributed by atoms with E-state index in [1.807, 2.05) is 32.2 Å². The van der Waals surface area contributed by atoms with Crippen molar-refractivity contribution in [3.8, 4) is 10.7 Å². The van der Waals surface area contributed by atoms with Gasteiger partial charge in [-0.05, 0) is 61.7 Å². The van der Waals surface area contributed by atoms with Gasteiger partial charge in [0.15, 0.2) is 11.5 Å². The van der Waals surface area contributed by atoms with Crippen molar-refractivity contribution in [2.24, 2.45) is 0 Å². The van der Waals surface area contributed by atoms with E-state index in [1.165, 1.54) is 0 Å². The van der Waals surface area contributed by atoms with Crippen LogP contribution < -0.4 is 5.32 Å². The van der Waals surface area contributed by atoms with Crippen molar-refractivity contribution >= 4 is 50.4 Å². The molecule has 2 amide bonds. The lowest BCUT2D eigenvalue weighted by Gasteiger charge is -2.34. The monoisotopic (exact) mass is 505 g/mol. The van der Waals surface area contributed by atoms with Gasteiger partial charge < -0.3 is 19.9 Å². The van der Waals surface area contributed by atoms with Gasteiger partial charge in [-0.2, -0.15) is 0 Å². The second-order valence-electron chi connectivity index (χ2n) is 8.51. The number of likely N-dealkylation sites (tertiary alicyclic amines) is 1. The maximum atomic E-state index is 13.1. The number of rotatable bonds is 3. The molecule has 1 fully saturated rings. The first kappa shape index (κ1) is 21.8. The summed E-state index contributed by atoms with van der Waals surface area (Å²) in [5, 5.41) is 5.03. The molecular weight excluding hydrogens is 482 g/mol. The second kappa shape index (κ2) is 8.58. The van der Waals surface area contributed by atoms with Crippen LogP contribution in [0, 0.1) is 0 Å². The highest BCUT2D eigenvalue weighted by Gasteiger charge is 2.29. The van der Waals surface area contributed by atoms with E-state index in [0.29, 0.717) is 35.6 Å². The zero-order valence-electron chi connectivity index (χ0n) is 17.6. The van der Waals surface area contributed by atoms with E-state index < -0.39 is 5.60 Å². The Morgan fingerprint density at radius 2 is 2.19 bits per heavy atom. The van der Waals surface area contributed by atoms with Gasteiger partial charge in [-0.15, -0.1) is 11.3 Å². The Balaban J connectivity index is 1.49. The topological polar surface area (TPSA) is 100 Å². The largest absolute Gasteiger partial charge is 0.444 e. The fourth-order valence-electron chi connectivity index (χ4n) is 3.50. The number of hydrogen-bond donors (Lipinski definition) is 2. The molecule has 0 saturated carbocycles. The predicted molar refractivity (Wildman–Crippen MR) is 123 cm³/mol. The summed E-state index contributed by atoms with van der Waals surface area (Å²) in [5.74, 6) is 0.457. The predicted octanol–water partition coefficient (Wildman–Crippen LogP) is 4.58. The number of ether oxygens (including phenoxy) is 1. The van der Waals surface area contributed by atoms with Crippen molar-refractivity contribution in [3.05, 3.63) is 33.7 Å². The van der Waals surface area contributed by atoms with E-state index in [0.717, 1.165) is 22.2 Å². The van der Waals surface area contributed by atoms with E-state index in [-0.39, 0.29) is 18.0 Å². The van der Waals surface area contributed by atoms with Gasteiger partial charge in [0.05, 0.1) is 16.0 Å². The molecular formula is C21H24BrN5O3S. The second-order valence-corrected chi connectivity index (χ2v) is 10.3. The minimum atomic E-state index is -0.549. The number of thiophene rings is 1. The van der Waals surface area contributed by atoms with Crippen molar-refractivity contribution in [1.29, 1.82) is 0 Å². The zero-order valence-corrected chi connectivity index (χ0v) is 20.0. The number of carbonyl (C=O) groups excluding carboxylic acids is 2. The molecule has 1 saturated heterocycles. The highest BCUT2D eigenvalue weighted by atomic mass is 79.9. The smallest absolute Gasteiger partial charge is 0.410 e. The molecule has 0 radical (unpaired) electrons. The maximum Gasteiger partial charge on any atom is 0.410 e. The summed E-state index contributed by atoms with van der Waals surface area (Å²) in [7, 11) is 0. The van der Waals surface area contributed by atoms with Gasteiger partial charge in [-0.3, -0.25) is 4.79 Å². The van der Waals surface area contributed by atoms with Crippen LogP contribution in [0.25, 0.3) is 21.9 Å². The van der Waals surface area contributed by atoms with Crippen LogP contribution in [0.1, 0.15) is 44.0 Å². The minimum absolute atomic E-state index is 0.146. The van der Waals surface area contributed by atoms with Crippen molar-refractivity contribution in [2.75, 3.05) is 13.1 Å². The van der Waals surface area contributed by atoms with Crippen LogP contribution >= 0.6 is 27.3 Å². The minimum Gasteiger partial charge on any atom is -0.444 e. The molecule has 3 aromatic rings. The highest BCUT2D eigenvalue weighted by Crippen LogP contribution is 2.29. The van der Waals surface area contributed by atoms with Crippen LogP contribution in [0.3, 0.4) is 0 Å². The molecule has 3 aromatic heterocycles. The van der Waals surface area contributed by atoms with E-state index in [4.69, 9.17) is 4.74 Å². The van der Waals surface area contributed by atoms with E-state index in [2.05, 4.69) is 36.2 Å². The molecule has 164 valence electrons. The summed E-state index contributed by atoms with van der Waals surface area (Å²) in [6.07, 6.45) is 2.84. The Hall–Kier alpha value is -2.46. The van der Waals surface area contributed by atoms with Gasteiger partial charge in [0.25, 0.3) is 5.91 Å². The van der Waals surface area contributed by atoms with Gasteiger partial charge in [0.2, 0.25) is 0 Å². The Kier molecular flexibility index (Phi) is 6.02. The van der Waals surface area contributed by atoms with Crippen molar-refractivity contribution in [3.63, 3.8) is 0 Å². The number of hydrogen-bond acceptors (Lipinski definition) is 6. The van der Waals surface area contributed by atoms with Crippen LogP contribution in [0.5, 0.6) is 0 Å². The number of pyridine rings is 1. The Labute approximate surface area is 192 Å². The number of nitrogens with one attached hydrogen (secondary N) is 2. The fraction of sp³-hybridized carbons (Fsp3) is 0.429. The van der Waals surface area contributed by atoms with Crippen LogP contribution in [0.4, 0.5) is 4.79 Å². The normalized spacial score (nSPS) is 17.0. The van der Waals surface area contributed by atoms with Crippen LogP contribution in [0.15, 0.2) is 28.2 Å². The molecule has 0 aromatic carbocycles. The van der Waals surface area contributed by atoms with Crippen LogP contribution in [0.2, 0.25) is 0 Å². The number of piperidine rings is 1.